The molecule has 0 bridgehead atoms. The minimum atomic E-state index is -1.14. The molecule has 1 atom stereocenters. The van der Waals surface area contributed by atoms with Gasteiger partial charge in [0.05, 0.1) is 0 Å². The van der Waals surface area contributed by atoms with Gasteiger partial charge in [-0.3, -0.25) is 4.79 Å². The highest BCUT2D eigenvalue weighted by molar-refractivity contribution is 5.92. The number of benzene rings is 1. The molecular formula is C11H13FN2O3. The zero-order chi connectivity index (χ0) is 13.0. The van der Waals surface area contributed by atoms with Crippen LogP contribution in [0.4, 0.5) is 14.9 Å². The van der Waals surface area contributed by atoms with Crippen molar-refractivity contribution in [1.29, 1.82) is 0 Å². The molecule has 0 aliphatic carbocycles. The Kier molecular flexibility index (Phi) is 4.03. The number of nitrogens with one attached hydrogen (secondary N) is 2. The van der Waals surface area contributed by atoms with Crippen molar-refractivity contribution >= 4 is 17.7 Å². The minimum absolute atomic E-state index is 0.267. The fourth-order valence-electron chi connectivity index (χ4n) is 1.10. The Bertz CT molecular complexity index is 448. The lowest BCUT2D eigenvalue weighted by Crippen LogP contribution is -2.40. The van der Waals surface area contributed by atoms with Crippen LogP contribution >= 0.6 is 0 Å². The van der Waals surface area contributed by atoms with Crippen molar-refractivity contribution in [3.8, 4) is 0 Å². The predicted molar refractivity (Wildman–Crippen MR) is 60.4 cm³/mol. The van der Waals surface area contributed by atoms with Crippen molar-refractivity contribution in [2.24, 2.45) is 0 Å². The van der Waals surface area contributed by atoms with Gasteiger partial charge in [-0.2, -0.15) is 0 Å². The molecule has 0 aliphatic heterocycles. The van der Waals surface area contributed by atoms with Crippen molar-refractivity contribution in [3.63, 3.8) is 0 Å². The molecular weight excluding hydrogens is 227 g/mol. The quantitative estimate of drug-likeness (QED) is 0.752. The molecule has 17 heavy (non-hydrogen) atoms. The molecule has 0 saturated heterocycles. The summed E-state index contributed by atoms with van der Waals surface area (Å²) in [5.41, 5.74) is 0.734. The van der Waals surface area contributed by atoms with Gasteiger partial charge >= 0.3 is 12.0 Å². The Morgan fingerprint density at radius 3 is 2.59 bits per heavy atom. The maximum Gasteiger partial charge on any atom is 0.325 e. The lowest BCUT2D eigenvalue weighted by atomic mass is 10.2. The minimum Gasteiger partial charge on any atom is -0.480 e. The highest BCUT2D eigenvalue weighted by atomic mass is 19.1. The number of anilines is 1. The molecule has 3 N–H and O–H groups in total. The second kappa shape index (κ2) is 5.29. The second-order valence-electron chi connectivity index (χ2n) is 3.62. The summed E-state index contributed by atoms with van der Waals surface area (Å²) in [6, 6.07) is 2.52. The van der Waals surface area contributed by atoms with Gasteiger partial charge in [0.25, 0.3) is 0 Å². The Morgan fingerprint density at radius 2 is 2.06 bits per heavy atom. The van der Waals surface area contributed by atoms with Gasteiger partial charge in [0, 0.05) is 5.69 Å². The number of carbonyl (C=O) groups excluding carboxylic acids is 1. The van der Waals surface area contributed by atoms with Crippen LogP contribution in [0.2, 0.25) is 0 Å². The summed E-state index contributed by atoms with van der Waals surface area (Å²) in [6.07, 6.45) is 0. The summed E-state index contributed by atoms with van der Waals surface area (Å²) in [6.45, 7) is 2.93. The number of amides is 2. The van der Waals surface area contributed by atoms with Crippen LogP contribution in [0.5, 0.6) is 0 Å². The molecule has 1 rings (SSSR count). The van der Waals surface area contributed by atoms with Crippen LogP contribution in [0.1, 0.15) is 12.5 Å². The van der Waals surface area contributed by atoms with Gasteiger partial charge in [-0.25, -0.2) is 9.18 Å². The molecule has 1 aromatic rings. The van der Waals surface area contributed by atoms with E-state index in [1.54, 1.807) is 6.92 Å². The van der Waals surface area contributed by atoms with Crippen molar-refractivity contribution in [2.45, 2.75) is 19.9 Å². The Hall–Kier alpha value is -2.11. The van der Waals surface area contributed by atoms with E-state index < -0.39 is 23.9 Å². The number of hydrogen-bond acceptors (Lipinski definition) is 2. The topological polar surface area (TPSA) is 78.4 Å². The predicted octanol–water partition coefficient (Wildman–Crippen LogP) is 1.73. The number of rotatable bonds is 3. The van der Waals surface area contributed by atoms with E-state index >= 15 is 0 Å². The molecule has 0 fully saturated rings. The maximum absolute atomic E-state index is 13.2. The highest BCUT2D eigenvalue weighted by Gasteiger charge is 2.13. The zero-order valence-electron chi connectivity index (χ0n) is 9.45. The first kappa shape index (κ1) is 13.0. The van der Waals surface area contributed by atoms with Crippen LogP contribution in [0.25, 0.3) is 0 Å². The number of aliphatic carboxylic acids is 1. The Morgan fingerprint density at radius 1 is 1.41 bits per heavy atom. The van der Waals surface area contributed by atoms with E-state index in [4.69, 9.17) is 5.11 Å². The van der Waals surface area contributed by atoms with E-state index in [1.165, 1.54) is 25.1 Å². The van der Waals surface area contributed by atoms with E-state index in [1.807, 2.05) is 0 Å². The number of carbonyl (C=O) groups is 2. The lowest BCUT2D eigenvalue weighted by Gasteiger charge is -2.11. The van der Waals surface area contributed by atoms with Gasteiger partial charge in [0.15, 0.2) is 0 Å². The van der Waals surface area contributed by atoms with Gasteiger partial charge in [0.2, 0.25) is 0 Å². The normalized spacial score (nSPS) is 11.7. The standard InChI is InChI=1S/C11H13FN2O3/c1-6-3-4-8(5-9(6)12)14-11(17)13-7(2)10(15)16/h3-5,7H,1-2H3,(H,15,16)(H2,13,14,17)/t7-/m0/s1. The molecule has 5 nitrogen and oxygen atoms in total. The van der Waals surface area contributed by atoms with Gasteiger partial charge in [-0.05, 0) is 31.5 Å². The van der Waals surface area contributed by atoms with Crippen molar-refractivity contribution < 1.29 is 19.1 Å². The third-order valence-electron chi connectivity index (χ3n) is 2.15. The van der Waals surface area contributed by atoms with Crippen molar-refractivity contribution in [2.75, 3.05) is 5.32 Å². The SMILES string of the molecule is Cc1ccc(NC(=O)N[C@@H](C)C(=O)O)cc1F. The van der Waals surface area contributed by atoms with E-state index in [0.717, 1.165) is 0 Å². The largest absolute Gasteiger partial charge is 0.480 e. The Labute approximate surface area is 97.6 Å². The second-order valence-corrected chi connectivity index (χ2v) is 3.62. The van der Waals surface area contributed by atoms with Crippen LogP contribution in [0, 0.1) is 12.7 Å². The summed E-state index contributed by atoms with van der Waals surface area (Å²) in [4.78, 5) is 21.8. The summed E-state index contributed by atoms with van der Waals surface area (Å²) >= 11 is 0. The number of urea groups is 1. The van der Waals surface area contributed by atoms with Crippen molar-refractivity contribution in [1.82, 2.24) is 5.32 Å². The Balaban J connectivity index is 2.62. The van der Waals surface area contributed by atoms with Crippen LogP contribution in [-0.2, 0) is 4.79 Å². The van der Waals surface area contributed by atoms with Crippen molar-refractivity contribution in [3.05, 3.63) is 29.6 Å². The van der Waals surface area contributed by atoms with Gasteiger partial charge in [-0.1, -0.05) is 6.07 Å². The fourth-order valence-corrected chi connectivity index (χ4v) is 1.10. The molecule has 0 saturated carbocycles. The van der Waals surface area contributed by atoms with Gasteiger partial charge in [0.1, 0.15) is 11.9 Å². The first-order chi connectivity index (χ1) is 7.90. The lowest BCUT2D eigenvalue weighted by molar-refractivity contribution is -0.138. The fraction of sp³-hybridized carbons (Fsp3) is 0.273. The molecule has 92 valence electrons. The van der Waals surface area contributed by atoms with Crippen LogP contribution in [0.3, 0.4) is 0 Å². The summed E-state index contributed by atoms with van der Waals surface area (Å²) in [7, 11) is 0. The van der Waals surface area contributed by atoms with Crippen LogP contribution in [-0.4, -0.2) is 23.1 Å². The molecule has 0 aliphatic rings. The van der Waals surface area contributed by atoms with E-state index in [-0.39, 0.29) is 5.69 Å². The number of aryl methyl sites for hydroxylation is 1. The summed E-state index contributed by atoms with van der Waals surface area (Å²) < 4.78 is 13.2. The first-order valence-corrected chi connectivity index (χ1v) is 4.96. The smallest absolute Gasteiger partial charge is 0.325 e. The van der Waals surface area contributed by atoms with Gasteiger partial charge in [-0.15, -0.1) is 0 Å². The highest BCUT2D eigenvalue weighted by Crippen LogP contribution is 2.13. The molecule has 0 radical (unpaired) electrons. The molecule has 0 spiro atoms. The molecule has 0 heterocycles. The number of halogens is 1. The third-order valence-corrected chi connectivity index (χ3v) is 2.15. The van der Waals surface area contributed by atoms with Crippen LogP contribution < -0.4 is 10.6 Å². The average molecular weight is 240 g/mol. The average Bonchev–Trinajstić information content (AvgIpc) is 2.23. The van der Waals surface area contributed by atoms with E-state index in [2.05, 4.69) is 10.6 Å². The zero-order valence-corrected chi connectivity index (χ0v) is 9.45. The van der Waals surface area contributed by atoms with E-state index in [9.17, 15) is 14.0 Å². The number of hydrogen-bond donors (Lipinski definition) is 3. The molecule has 6 heteroatoms. The number of carboxylic acids is 1. The third kappa shape index (κ3) is 3.75. The molecule has 0 aromatic heterocycles. The molecule has 2 amide bonds. The molecule has 1 aromatic carbocycles. The van der Waals surface area contributed by atoms with Gasteiger partial charge < -0.3 is 15.7 Å². The van der Waals surface area contributed by atoms with Crippen LogP contribution in [0.15, 0.2) is 18.2 Å². The van der Waals surface area contributed by atoms with E-state index in [0.29, 0.717) is 5.56 Å². The monoisotopic (exact) mass is 240 g/mol. The first-order valence-electron chi connectivity index (χ1n) is 4.96. The molecule has 0 unspecified atom stereocenters. The summed E-state index contributed by atoms with van der Waals surface area (Å²) in [5.74, 6) is -1.58. The number of carboxylic acid groups (broad SMARTS) is 1. The maximum atomic E-state index is 13.2. The summed E-state index contributed by atoms with van der Waals surface area (Å²) in [5, 5.41) is 13.1.